The molecule has 3 aliphatic rings. The summed E-state index contributed by atoms with van der Waals surface area (Å²) in [6.07, 6.45) is -5.90. The van der Waals surface area contributed by atoms with Crippen molar-refractivity contribution in [1.29, 1.82) is 0 Å². The highest BCUT2D eigenvalue weighted by atomic mass is 16.7. The van der Waals surface area contributed by atoms with E-state index in [1.165, 1.54) is 13.2 Å². The zero-order valence-corrected chi connectivity index (χ0v) is 13.3. The molecule has 1 saturated heterocycles. The van der Waals surface area contributed by atoms with Crippen LogP contribution < -0.4 is 4.74 Å². The number of methoxy groups -OCH3 is 1. The second-order valence-corrected chi connectivity index (χ2v) is 6.82. The number of aromatic hydroxyl groups is 1. The van der Waals surface area contributed by atoms with Gasteiger partial charge in [-0.3, -0.25) is 9.59 Å². The fourth-order valence-electron chi connectivity index (χ4n) is 4.09. The third-order valence-corrected chi connectivity index (χ3v) is 5.56. The van der Waals surface area contributed by atoms with Crippen molar-refractivity contribution in [3.05, 3.63) is 23.3 Å². The van der Waals surface area contributed by atoms with Crippen LogP contribution in [0.3, 0.4) is 0 Å². The molecule has 134 valence electrons. The highest BCUT2D eigenvalue weighted by Crippen LogP contribution is 2.65. The number of ether oxygens (including phenoxy) is 2. The number of aliphatic hydroxyl groups excluding tert-OH is 3. The summed E-state index contributed by atoms with van der Waals surface area (Å²) < 4.78 is 10.3. The predicted molar refractivity (Wildman–Crippen MR) is 78.5 cm³/mol. The Morgan fingerprint density at radius 1 is 1.08 bits per heavy atom. The number of phenols is 1. The van der Waals surface area contributed by atoms with E-state index < -0.39 is 52.4 Å². The molecule has 0 radical (unpaired) electrons. The molecule has 0 bridgehead atoms. The maximum atomic E-state index is 13.0. The Balaban J connectivity index is 2.00. The summed E-state index contributed by atoms with van der Waals surface area (Å²) in [4.78, 5) is 26.0. The van der Waals surface area contributed by atoms with Crippen LogP contribution in [0.25, 0.3) is 0 Å². The molecule has 2 aliphatic carbocycles. The van der Waals surface area contributed by atoms with Crippen LogP contribution >= 0.6 is 0 Å². The number of rotatable bonds is 1. The second-order valence-electron chi connectivity index (χ2n) is 6.82. The topological polar surface area (TPSA) is 157 Å². The summed E-state index contributed by atoms with van der Waals surface area (Å²) in [5, 5.41) is 51.5. The quantitative estimate of drug-likeness (QED) is 0.365. The van der Waals surface area contributed by atoms with Crippen LogP contribution in [0.15, 0.2) is 12.1 Å². The average Bonchev–Trinajstić information content (AvgIpc) is 3.29. The molecule has 0 aromatic heterocycles. The molecule has 1 aromatic carbocycles. The summed E-state index contributed by atoms with van der Waals surface area (Å²) in [6.45, 7) is 1.03. The van der Waals surface area contributed by atoms with Gasteiger partial charge in [0.25, 0.3) is 0 Å². The highest BCUT2D eigenvalue weighted by Gasteiger charge is 2.92. The predicted octanol–water partition coefficient (Wildman–Crippen LogP) is -1.87. The number of fused-ring (bicyclic) bond motifs is 1. The summed E-state index contributed by atoms with van der Waals surface area (Å²) >= 11 is 0. The molecule has 25 heavy (non-hydrogen) atoms. The number of phenolic OH excluding ortho intramolecular Hbond substituents is 1. The normalized spacial score (nSPS) is 44.6. The van der Waals surface area contributed by atoms with E-state index in [-0.39, 0.29) is 16.9 Å². The van der Waals surface area contributed by atoms with E-state index >= 15 is 0 Å². The summed E-state index contributed by atoms with van der Waals surface area (Å²) in [6, 6.07) is 2.32. The van der Waals surface area contributed by atoms with Gasteiger partial charge >= 0.3 is 0 Å². The van der Waals surface area contributed by atoms with Crippen molar-refractivity contribution >= 4 is 11.6 Å². The molecule has 9 heteroatoms. The van der Waals surface area contributed by atoms with Crippen LogP contribution in [-0.2, 0) is 4.74 Å². The third-order valence-electron chi connectivity index (χ3n) is 5.56. The number of carbonyl (C=O) groups is 2. The molecule has 6 atom stereocenters. The largest absolute Gasteiger partial charge is 0.507 e. The van der Waals surface area contributed by atoms with Crippen LogP contribution in [0.2, 0.25) is 0 Å². The number of epoxide rings is 1. The first-order chi connectivity index (χ1) is 11.6. The van der Waals surface area contributed by atoms with Crippen LogP contribution in [0.4, 0.5) is 0 Å². The van der Waals surface area contributed by atoms with Crippen molar-refractivity contribution in [2.24, 2.45) is 0 Å². The zero-order valence-electron chi connectivity index (χ0n) is 13.3. The molecule has 2 unspecified atom stereocenters. The van der Waals surface area contributed by atoms with Gasteiger partial charge in [0.1, 0.15) is 35.4 Å². The zero-order chi connectivity index (χ0) is 18.5. The summed E-state index contributed by atoms with van der Waals surface area (Å²) in [5.41, 5.74) is -7.44. The third kappa shape index (κ3) is 1.48. The van der Waals surface area contributed by atoms with E-state index in [9.17, 15) is 35.1 Å². The number of benzene rings is 1. The smallest absolute Gasteiger partial charge is 0.205 e. The molecule has 1 aromatic rings. The van der Waals surface area contributed by atoms with Gasteiger partial charge in [-0.15, -0.1) is 0 Å². The summed E-state index contributed by atoms with van der Waals surface area (Å²) in [7, 11) is 1.30. The maximum Gasteiger partial charge on any atom is 0.205 e. The standard InChI is InChI=1S/C16H16O9/c1-14(23)11(20)12(21)15-10(19)8-6(3-5(24-2)4-7(8)17)9(18)16(15,25-15)13(14)22/h3-4,11-13,17,20-23H,1-2H3/t11-,12-,13-,14-,15?,16?/m0/s1. The SMILES string of the molecule is COc1cc(O)c2c(c1)C(=O)C13OC1(C2=O)[C@@H](O)[C@H](O)[C@](C)(O)[C@@H]3O. The molecule has 4 rings (SSSR count). The van der Waals surface area contributed by atoms with Gasteiger partial charge in [-0.25, -0.2) is 0 Å². The van der Waals surface area contributed by atoms with Crippen LogP contribution in [0, 0.1) is 0 Å². The van der Waals surface area contributed by atoms with Gasteiger partial charge in [0.05, 0.1) is 12.7 Å². The molecule has 0 spiro atoms. The first-order valence-corrected chi connectivity index (χ1v) is 7.54. The van der Waals surface area contributed by atoms with Crippen molar-refractivity contribution in [1.82, 2.24) is 0 Å². The fourth-order valence-corrected chi connectivity index (χ4v) is 4.09. The minimum Gasteiger partial charge on any atom is -0.507 e. The lowest BCUT2D eigenvalue weighted by atomic mass is 9.59. The van der Waals surface area contributed by atoms with Gasteiger partial charge in [-0.1, -0.05) is 0 Å². The Morgan fingerprint density at radius 3 is 2.32 bits per heavy atom. The number of aliphatic hydroxyl groups is 4. The van der Waals surface area contributed by atoms with Crippen molar-refractivity contribution in [2.45, 2.75) is 42.0 Å². The molecule has 5 N–H and O–H groups in total. The number of ketones is 2. The maximum absolute atomic E-state index is 13.0. The summed E-state index contributed by atoms with van der Waals surface area (Å²) in [5.74, 6) is -2.31. The molecule has 1 aliphatic heterocycles. The lowest BCUT2D eigenvalue weighted by molar-refractivity contribution is -0.195. The van der Waals surface area contributed by atoms with Crippen molar-refractivity contribution in [2.75, 3.05) is 7.11 Å². The van der Waals surface area contributed by atoms with Crippen molar-refractivity contribution in [3.8, 4) is 11.5 Å². The van der Waals surface area contributed by atoms with Crippen LogP contribution in [-0.4, -0.2) is 79.3 Å². The first-order valence-electron chi connectivity index (χ1n) is 7.54. The van der Waals surface area contributed by atoms with Gasteiger partial charge in [0, 0.05) is 11.6 Å². The lowest BCUT2D eigenvalue weighted by Crippen LogP contribution is -2.73. The molecule has 9 nitrogen and oxygen atoms in total. The van der Waals surface area contributed by atoms with E-state index in [2.05, 4.69) is 0 Å². The van der Waals surface area contributed by atoms with Gasteiger partial charge in [0.2, 0.25) is 11.6 Å². The monoisotopic (exact) mass is 352 g/mol. The Labute approximate surface area is 141 Å². The van der Waals surface area contributed by atoms with Gasteiger partial charge in [-0.05, 0) is 13.0 Å². The number of hydrogen-bond donors (Lipinski definition) is 5. The van der Waals surface area contributed by atoms with E-state index in [1.807, 2.05) is 0 Å². The van der Waals surface area contributed by atoms with Crippen molar-refractivity contribution in [3.63, 3.8) is 0 Å². The fraction of sp³-hybridized carbons (Fsp3) is 0.500. The Bertz CT molecular complexity index is 831. The van der Waals surface area contributed by atoms with E-state index in [0.717, 1.165) is 13.0 Å². The Kier molecular flexibility index (Phi) is 2.88. The van der Waals surface area contributed by atoms with Crippen LogP contribution in [0.1, 0.15) is 27.6 Å². The van der Waals surface area contributed by atoms with Crippen molar-refractivity contribution < 1.29 is 44.6 Å². The molecule has 1 heterocycles. The minimum atomic E-state index is -2.30. The van der Waals surface area contributed by atoms with Gasteiger partial charge in [0.15, 0.2) is 11.2 Å². The Morgan fingerprint density at radius 2 is 1.72 bits per heavy atom. The molecular formula is C16H16O9. The number of carbonyl (C=O) groups excluding carboxylic acids is 2. The Hall–Kier alpha value is -2.04. The van der Waals surface area contributed by atoms with Crippen LogP contribution in [0.5, 0.6) is 11.5 Å². The van der Waals surface area contributed by atoms with Gasteiger partial charge < -0.3 is 35.0 Å². The highest BCUT2D eigenvalue weighted by molar-refractivity contribution is 6.27. The lowest BCUT2D eigenvalue weighted by Gasteiger charge is -2.46. The first kappa shape index (κ1) is 16.4. The molecule has 2 fully saturated rings. The molecule has 1 saturated carbocycles. The molecule has 0 amide bonds. The van der Waals surface area contributed by atoms with E-state index in [1.54, 1.807) is 0 Å². The second kappa shape index (κ2) is 4.37. The van der Waals surface area contributed by atoms with E-state index in [0.29, 0.717) is 0 Å². The number of Topliss-reactive ketones (excluding diaryl/α,β-unsaturated/α-hetero) is 2. The number of hydrogen-bond acceptors (Lipinski definition) is 9. The van der Waals surface area contributed by atoms with Gasteiger partial charge in [-0.2, -0.15) is 0 Å². The van der Waals surface area contributed by atoms with E-state index in [4.69, 9.17) is 9.47 Å². The average molecular weight is 352 g/mol. The molecular weight excluding hydrogens is 336 g/mol. The minimum absolute atomic E-state index is 0.0968.